The average Bonchev–Trinajstić information content (AvgIpc) is 3.00. The predicted octanol–water partition coefficient (Wildman–Crippen LogP) is 3.07. The zero-order valence-corrected chi connectivity index (χ0v) is 15.6. The van der Waals surface area contributed by atoms with Gasteiger partial charge in [0.15, 0.2) is 0 Å². The molecule has 0 aromatic heterocycles. The summed E-state index contributed by atoms with van der Waals surface area (Å²) < 4.78 is 27.0. The summed E-state index contributed by atoms with van der Waals surface area (Å²) in [5.41, 5.74) is 2.54. The van der Waals surface area contributed by atoms with Gasteiger partial charge in [0, 0.05) is 37.8 Å². The summed E-state index contributed by atoms with van der Waals surface area (Å²) in [6.45, 7) is 2.37. The van der Waals surface area contributed by atoms with Crippen molar-refractivity contribution in [3.63, 3.8) is 0 Å². The van der Waals surface area contributed by atoms with Gasteiger partial charge >= 0.3 is 0 Å². The molecule has 0 saturated heterocycles. The van der Waals surface area contributed by atoms with Crippen LogP contribution in [0.1, 0.15) is 18.1 Å². The van der Waals surface area contributed by atoms with Gasteiger partial charge in [-0.3, -0.25) is 4.79 Å². The minimum absolute atomic E-state index is 0.0331. The van der Waals surface area contributed by atoms with E-state index in [-0.39, 0.29) is 17.3 Å². The average molecular weight is 379 g/mol. The second kappa shape index (κ2) is 6.78. The molecule has 1 aliphatic rings. The van der Waals surface area contributed by atoms with Gasteiger partial charge in [-0.05, 0) is 47.9 Å². The van der Waals surface area contributed by atoms with Gasteiger partial charge in [0.25, 0.3) is 0 Å². The lowest BCUT2D eigenvalue weighted by Crippen LogP contribution is -2.27. The van der Waals surface area contributed by atoms with E-state index >= 15 is 0 Å². The molecule has 2 aromatic carbocycles. The summed E-state index contributed by atoms with van der Waals surface area (Å²) in [5.74, 6) is -0.0331. The largest absolute Gasteiger partial charge is 0.312 e. The molecule has 0 fully saturated rings. The van der Waals surface area contributed by atoms with E-state index in [9.17, 15) is 13.2 Å². The fourth-order valence-corrected chi connectivity index (χ4v) is 4.31. The first-order valence-electron chi connectivity index (χ1n) is 7.91. The number of benzene rings is 2. The summed E-state index contributed by atoms with van der Waals surface area (Å²) in [7, 11) is -2.06. The van der Waals surface area contributed by atoms with Crippen LogP contribution >= 0.6 is 11.6 Å². The van der Waals surface area contributed by atoms with E-state index in [1.165, 1.54) is 11.2 Å². The van der Waals surface area contributed by atoms with E-state index in [0.717, 1.165) is 16.8 Å². The predicted molar refractivity (Wildman–Crippen MR) is 98.3 cm³/mol. The number of carbonyl (C=O) groups is 1. The quantitative estimate of drug-likeness (QED) is 0.821. The van der Waals surface area contributed by atoms with E-state index < -0.39 is 10.0 Å². The Kier molecular flexibility index (Phi) is 4.86. The van der Waals surface area contributed by atoms with E-state index in [2.05, 4.69) is 0 Å². The molecule has 0 radical (unpaired) electrons. The van der Waals surface area contributed by atoms with Gasteiger partial charge in [0.05, 0.1) is 4.90 Å². The van der Waals surface area contributed by atoms with Crippen molar-refractivity contribution in [1.29, 1.82) is 0 Å². The SMILES string of the molecule is CC(=O)N1CCc2cc(S(=O)(=O)N(C)Cc3ccc(Cl)cc3)ccc21. The Labute approximate surface area is 152 Å². The second-order valence-electron chi connectivity index (χ2n) is 6.10. The molecule has 3 rings (SSSR count). The topological polar surface area (TPSA) is 57.7 Å². The van der Waals surface area contributed by atoms with E-state index in [4.69, 9.17) is 11.6 Å². The minimum atomic E-state index is -3.61. The van der Waals surface area contributed by atoms with Crippen molar-refractivity contribution in [3.8, 4) is 0 Å². The van der Waals surface area contributed by atoms with Gasteiger partial charge in [0.1, 0.15) is 0 Å². The highest BCUT2D eigenvalue weighted by Crippen LogP contribution is 2.31. The van der Waals surface area contributed by atoms with Crippen LogP contribution in [-0.2, 0) is 27.8 Å². The van der Waals surface area contributed by atoms with Crippen LogP contribution in [0, 0.1) is 0 Å². The molecule has 0 saturated carbocycles. The summed E-state index contributed by atoms with van der Waals surface area (Å²) in [6, 6.07) is 12.0. The molecule has 0 atom stereocenters. The van der Waals surface area contributed by atoms with Crippen molar-refractivity contribution < 1.29 is 13.2 Å². The van der Waals surface area contributed by atoms with Crippen LogP contribution < -0.4 is 4.90 Å². The Hall–Kier alpha value is -1.89. The number of anilines is 1. The zero-order chi connectivity index (χ0) is 18.2. The summed E-state index contributed by atoms with van der Waals surface area (Å²) >= 11 is 5.86. The van der Waals surface area contributed by atoms with Gasteiger partial charge in [-0.1, -0.05) is 23.7 Å². The second-order valence-corrected chi connectivity index (χ2v) is 8.58. The smallest absolute Gasteiger partial charge is 0.243 e. The van der Waals surface area contributed by atoms with Crippen LogP contribution in [0.5, 0.6) is 0 Å². The Balaban J connectivity index is 1.85. The van der Waals surface area contributed by atoms with Crippen LogP contribution in [0.4, 0.5) is 5.69 Å². The van der Waals surface area contributed by atoms with E-state index in [1.54, 1.807) is 42.3 Å². The molecule has 0 N–H and O–H groups in total. The van der Waals surface area contributed by atoms with Gasteiger partial charge in [-0.2, -0.15) is 4.31 Å². The fraction of sp³-hybridized carbons (Fsp3) is 0.278. The molecule has 5 nitrogen and oxygen atoms in total. The molecule has 7 heteroatoms. The number of nitrogens with zero attached hydrogens (tertiary/aromatic N) is 2. The first-order valence-corrected chi connectivity index (χ1v) is 9.72. The maximum absolute atomic E-state index is 12.8. The molecule has 1 heterocycles. The standard InChI is InChI=1S/C18H19ClN2O3S/c1-13(22)21-10-9-15-11-17(7-8-18(15)21)25(23,24)20(2)12-14-3-5-16(19)6-4-14/h3-8,11H,9-10,12H2,1-2H3. The molecule has 0 aliphatic carbocycles. The molecular weight excluding hydrogens is 360 g/mol. The van der Waals surface area contributed by atoms with Crippen molar-refractivity contribution in [1.82, 2.24) is 4.31 Å². The number of sulfonamides is 1. The Morgan fingerprint density at radius 2 is 1.88 bits per heavy atom. The number of amides is 1. The number of fused-ring (bicyclic) bond motifs is 1. The van der Waals surface area contributed by atoms with Crippen molar-refractivity contribution in [2.24, 2.45) is 0 Å². The first-order chi connectivity index (χ1) is 11.8. The Bertz CT molecular complexity index is 910. The highest BCUT2D eigenvalue weighted by Gasteiger charge is 2.26. The van der Waals surface area contributed by atoms with Gasteiger partial charge in [-0.15, -0.1) is 0 Å². The lowest BCUT2D eigenvalue weighted by atomic mass is 10.2. The molecule has 0 unspecified atom stereocenters. The lowest BCUT2D eigenvalue weighted by Gasteiger charge is -2.19. The number of carbonyl (C=O) groups excluding carboxylic acids is 1. The Morgan fingerprint density at radius 3 is 2.52 bits per heavy atom. The molecular formula is C18H19ClN2O3S. The van der Waals surface area contributed by atoms with Crippen LogP contribution in [-0.4, -0.2) is 32.2 Å². The highest BCUT2D eigenvalue weighted by atomic mass is 35.5. The maximum atomic E-state index is 12.8. The van der Waals surface area contributed by atoms with Gasteiger partial charge < -0.3 is 4.90 Å². The minimum Gasteiger partial charge on any atom is -0.312 e. The van der Waals surface area contributed by atoms with Crippen molar-refractivity contribution in [2.75, 3.05) is 18.5 Å². The van der Waals surface area contributed by atoms with Crippen LogP contribution in [0.15, 0.2) is 47.4 Å². The van der Waals surface area contributed by atoms with Crippen molar-refractivity contribution >= 4 is 33.2 Å². The third-order valence-corrected chi connectivity index (χ3v) is 6.40. The molecule has 2 aromatic rings. The van der Waals surface area contributed by atoms with Crippen LogP contribution in [0.2, 0.25) is 5.02 Å². The zero-order valence-electron chi connectivity index (χ0n) is 14.1. The van der Waals surface area contributed by atoms with Crippen LogP contribution in [0.3, 0.4) is 0 Å². The monoisotopic (exact) mass is 378 g/mol. The Morgan fingerprint density at radius 1 is 1.20 bits per heavy atom. The molecule has 1 aliphatic heterocycles. The number of hydrogen-bond acceptors (Lipinski definition) is 3. The first kappa shape index (κ1) is 17.9. The third-order valence-electron chi connectivity index (χ3n) is 4.35. The van der Waals surface area contributed by atoms with E-state index in [0.29, 0.717) is 18.0 Å². The summed E-state index contributed by atoms with van der Waals surface area (Å²) in [4.78, 5) is 13.5. The van der Waals surface area contributed by atoms with Crippen LogP contribution in [0.25, 0.3) is 0 Å². The molecule has 0 bridgehead atoms. The number of halogens is 1. The molecule has 1 amide bonds. The lowest BCUT2D eigenvalue weighted by molar-refractivity contribution is -0.116. The molecule has 25 heavy (non-hydrogen) atoms. The maximum Gasteiger partial charge on any atom is 0.243 e. The third kappa shape index (κ3) is 3.56. The molecule has 132 valence electrons. The van der Waals surface area contributed by atoms with Crippen molar-refractivity contribution in [3.05, 3.63) is 58.6 Å². The summed E-state index contributed by atoms with van der Waals surface area (Å²) in [5, 5.41) is 0.614. The highest BCUT2D eigenvalue weighted by molar-refractivity contribution is 7.89. The summed E-state index contributed by atoms with van der Waals surface area (Å²) in [6.07, 6.45) is 0.666. The number of hydrogen-bond donors (Lipinski definition) is 0. The van der Waals surface area contributed by atoms with E-state index in [1.807, 2.05) is 12.1 Å². The fourth-order valence-electron chi connectivity index (χ4n) is 2.98. The van der Waals surface area contributed by atoms with Gasteiger partial charge in [-0.25, -0.2) is 8.42 Å². The van der Waals surface area contributed by atoms with Gasteiger partial charge in [0.2, 0.25) is 15.9 Å². The normalized spacial score (nSPS) is 14.0. The molecule has 0 spiro atoms. The van der Waals surface area contributed by atoms with Crippen molar-refractivity contribution in [2.45, 2.75) is 24.8 Å². The number of rotatable bonds is 4.